The molecule has 0 aliphatic rings. The van der Waals surface area contributed by atoms with Gasteiger partial charge in [0.1, 0.15) is 5.82 Å². The van der Waals surface area contributed by atoms with Gasteiger partial charge in [0.25, 0.3) is 5.91 Å². The summed E-state index contributed by atoms with van der Waals surface area (Å²) in [5.41, 5.74) is 4.38. The van der Waals surface area contributed by atoms with Crippen molar-refractivity contribution in [1.29, 1.82) is 0 Å². The number of thioether (sulfide) groups is 1. The number of imidazole rings is 1. The summed E-state index contributed by atoms with van der Waals surface area (Å²) in [6.07, 6.45) is 3.50. The van der Waals surface area contributed by atoms with Gasteiger partial charge in [0.2, 0.25) is 0 Å². The number of aromatic nitrogens is 3. The van der Waals surface area contributed by atoms with E-state index in [1.165, 1.54) is 12.1 Å². The first-order valence-electron chi connectivity index (χ1n) is 9.68. The van der Waals surface area contributed by atoms with E-state index in [1.807, 2.05) is 43.3 Å². The number of nitrogens with one attached hydrogen (secondary N) is 1. The molecule has 0 atom stereocenters. The van der Waals surface area contributed by atoms with Crippen LogP contribution in [0.1, 0.15) is 28.4 Å². The number of carbonyl (C=O) groups is 1. The molecular weight excluding hydrogens is 399 g/mol. The molecule has 5 nitrogen and oxygen atoms in total. The van der Waals surface area contributed by atoms with E-state index in [4.69, 9.17) is 4.98 Å². The van der Waals surface area contributed by atoms with Crippen molar-refractivity contribution >= 4 is 28.7 Å². The van der Waals surface area contributed by atoms with Gasteiger partial charge in [-0.15, -0.1) is 0 Å². The van der Waals surface area contributed by atoms with Crippen molar-refractivity contribution in [3.8, 4) is 0 Å². The molecule has 0 aliphatic carbocycles. The van der Waals surface area contributed by atoms with Crippen LogP contribution in [0.4, 0.5) is 4.39 Å². The topological polar surface area (TPSA) is 59.8 Å². The van der Waals surface area contributed by atoms with Crippen LogP contribution in [0.5, 0.6) is 0 Å². The van der Waals surface area contributed by atoms with E-state index >= 15 is 0 Å². The second-order valence-corrected chi connectivity index (χ2v) is 7.76. The van der Waals surface area contributed by atoms with Gasteiger partial charge in [0.05, 0.1) is 23.8 Å². The second kappa shape index (κ2) is 9.09. The molecule has 0 radical (unpaired) electrons. The summed E-state index contributed by atoms with van der Waals surface area (Å²) < 4.78 is 15.7. The van der Waals surface area contributed by atoms with Gasteiger partial charge in [0, 0.05) is 24.1 Å². The van der Waals surface area contributed by atoms with Crippen LogP contribution in [0.25, 0.3) is 11.0 Å². The van der Waals surface area contributed by atoms with Crippen LogP contribution in [0.3, 0.4) is 0 Å². The lowest BCUT2D eigenvalue weighted by atomic mass is 10.1. The number of nitrogens with zero attached hydrogens (tertiary/aromatic N) is 3. The Kier molecular flexibility index (Phi) is 6.09. The van der Waals surface area contributed by atoms with Gasteiger partial charge in [-0.3, -0.25) is 9.78 Å². The Hall–Kier alpha value is -3.19. The van der Waals surface area contributed by atoms with Crippen molar-refractivity contribution in [2.24, 2.45) is 0 Å². The van der Waals surface area contributed by atoms with Crippen molar-refractivity contribution in [3.05, 3.63) is 89.5 Å². The molecule has 2 heterocycles. The largest absolute Gasteiger partial charge is 0.352 e. The zero-order valence-electron chi connectivity index (χ0n) is 16.5. The fraction of sp³-hybridized carbons (Fsp3) is 0.174. The standard InChI is InChI=1S/C23H21FN4OS/c1-2-26-22(29)18-8-6-16(7-9-18)15-30-23-27-20-10-11-25-13-21(20)28(23)14-17-4-3-5-19(24)12-17/h3-13H,2,14-15H2,1H3,(H,26,29). The highest BCUT2D eigenvalue weighted by molar-refractivity contribution is 7.98. The fourth-order valence-electron chi connectivity index (χ4n) is 3.19. The number of benzene rings is 2. The molecule has 0 saturated heterocycles. The Bertz CT molecular complexity index is 1170. The number of hydrogen-bond donors (Lipinski definition) is 1. The lowest BCUT2D eigenvalue weighted by molar-refractivity contribution is 0.0956. The highest BCUT2D eigenvalue weighted by atomic mass is 32.2. The van der Waals surface area contributed by atoms with E-state index in [-0.39, 0.29) is 11.7 Å². The molecule has 0 fully saturated rings. The molecule has 0 bridgehead atoms. The van der Waals surface area contributed by atoms with Gasteiger partial charge < -0.3 is 9.88 Å². The average Bonchev–Trinajstić information content (AvgIpc) is 3.10. The van der Waals surface area contributed by atoms with Crippen molar-refractivity contribution in [2.45, 2.75) is 24.4 Å². The van der Waals surface area contributed by atoms with E-state index in [1.54, 1.807) is 30.2 Å². The van der Waals surface area contributed by atoms with Crippen LogP contribution in [0.2, 0.25) is 0 Å². The molecule has 4 aromatic rings. The van der Waals surface area contributed by atoms with Crippen molar-refractivity contribution in [3.63, 3.8) is 0 Å². The molecule has 2 aromatic carbocycles. The molecule has 4 rings (SSSR count). The molecule has 30 heavy (non-hydrogen) atoms. The lowest BCUT2D eigenvalue weighted by Crippen LogP contribution is -2.22. The summed E-state index contributed by atoms with van der Waals surface area (Å²) >= 11 is 1.60. The summed E-state index contributed by atoms with van der Waals surface area (Å²) in [6.45, 7) is 3.01. The van der Waals surface area contributed by atoms with Gasteiger partial charge in [-0.05, 0) is 48.4 Å². The Morgan fingerprint density at radius 3 is 2.73 bits per heavy atom. The third-order valence-corrected chi connectivity index (χ3v) is 5.71. The second-order valence-electron chi connectivity index (χ2n) is 6.82. The van der Waals surface area contributed by atoms with E-state index < -0.39 is 0 Å². The number of amides is 1. The van der Waals surface area contributed by atoms with Crippen molar-refractivity contribution in [1.82, 2.24) is 19.9 Å². The number of rotatable bonds is 7. The molecule has 2 aromatic heterocycles. The maximum atomic E-state index is 13.6. The summed E-state index contributed by atoms with van der Waals surface area (Å²) in [4.78, 5) is 20.9. The minimum Gasteiger partial charge on any atom is -0.352 e. The molecule has 0 saturated carbocycles. The summed E-state index contributed by atoms with van der Waals surface area (Å²) in [5.74, 6) is 0.382. The monoisotopic (exact) mass is 420 g/mol. The number of fused-ring (bicyclic) bond motifs is 1. The predicted molar refractivity (Wildman–Crippen MR) is 117 cm³/mol. The third-order valence-electron chi connectivity index (χ3n) is 4.67. The molecule has 152 valence electrons. The first-order valence-corrected chi connectivity index (χ1v) is 10.7. The maximum absolute atomic E-state index is 13.6. The lowest BCUT2D eigenvalue weighted by Gasteiger charge is -2.09. The average molecular weight is 421 g/mol. The maximum Gasteiger partial charge on any atom is 0.251 e. The van der Waals surface area contributed by atoms with Crippen molar-refractivity contribution in [2.75, 3.05) is 6.54 Å². The summed E-state index contributed by atoms with van der Waals surface area (Å²) in [5, 5.41) is 3.64. The van der Waals surface area contributed by atoms with Crippen LogP contribution in [-0.2, 0) is 12.3 Å². The molecule has 0 spiro atoms. The highest BCUT2D eigenvalue weighted by Crippen LogP contribution is 2.27. The number of halogens is 1. The zero-order chi connectivity index (χ0) is 20.9. The summed E-state index contributed by atoms with van der Waals surface area (Å²) in [6, 6.07) is 16.1. The van der Waals surface area contributed by atoms with Gasteiger partial charge in [-0.2, -0.15) is 0 Å². The van der Waals surface area contributed by atoms with Gasteiger partial charge in [0.15, 0.2) is 5.16 Å². The van der Waals surface area contributed by atoms with Crippen LogP contribution >= 0.6 is 11.8 Å². The SMILES string of the molecule is CCNC(=O)c1ccc(CSc2nc3ccncc3n2Cc2cccc(F)c2)cc1. The van der Waals surface area contributed by atoms with E-state index in [9.17, 15) is 9.18 Å². The molecule has 1 N–H and O–H groups in total. The minimum atomic E-state index is -0.253. The fourth-order valence-corrected chi connectivity index (χ4v) is 4.16. The normalized spacial score (nSPS) is 11.0. The van der Waals surface area contributed by atoms with Gasteiger partial charge in [-0.25, -0.2) is 9.37 Å². The number of carbonyl (C=O) groups excluding carboxylic acids is 1. The van der Waals surface area contributed by atoms with E-state index in [0.717, 1.165) is 27.3 Å². The van der Waals surface area contributed by atoms with Crippen LogP contribution in [0, 0.1) is 5.82 Å². The van der Waals surface area contributed by atoms with Crippen molar-refractivity contribution < 1.29 is 9.18 Å². The number of hydrogen-bond acceptors (Lipinski definition) is 4. The van der Waals surface area contributed by atoms with E-state index in [0.29, 0.717) is 24.4 Å². The molecule has 1 amide bonds. The molecular formula is C23H21FN4OS. The Morgan fingerprint density at radius 2 is 1.97 bits per heavy atom. The smallest absolute Gasteiger partial charge is 0.251 e. The first kappa shape index (κ1) is 20.1. The van der Waals surface area contributed by atoms with Crippen LogP contribution in [0.15, 0.2) is 72.1 Å². The molecule has 0 unspecified atom stereocenters. The van der Waals surface area contributed by atoms with Crippen LogP contribution in [-0.4, -0.2) is 27.0 Å². The quantitative estimate of drug-likeness (QED) is 0.442. The Balaban J connectivity index is 1.56. The first-order chi connectivity index (χ1) is 14.6. The molecule has 0 aliphatic heterocycles. The number of pyridine rings is 1. The van der Waals surface area contributed by atoms with Gasteiger partial charge >= 0.3 is 0 Å². The highest BCUT2D eigenvalue weighted by Gasteiger charge is 2.13. The molecule has 7 heteroatoms. The zero-order valence-corrected chi connectivity index (χ0v) is 17.3. The minimum absolute atomic E-state index is 0.0684. The van der Waals surface area contributed by atoms with Crippen LogP contribution < -0.4 is 5.32 Å². The summed E-state index contributed by atoms with van der Waals surface area (Å²) in [7, 11) is 0. The van der Waals surface area contributed by atoms with E-state index in [2.05, 4.69) is 14.9 Å². The van der Waals surface area contributed by atoms with Gasteiger partial charge in [-0.1, -0.05) is 36.0 Å². The predicted octanol–water partition coefficient (Wildman–Crippen LogP) is 4.66. The Labute approximate surface area is 178 Å². The Morgan fingerprint density at radius 1 is 1.13 bits per heavy atom. The third kappa shape index (κ3) is 4.52.